The second kappa shape index (κ2) is 7.62. The number of carboxylic acids is 1. The average Bonchev–Trinajstić information content (AvgIpc) is 2.96. The van der Waals surface area contributed by atoms with E-state index in [-0.39, 0.29) is 12.5 Å². The van der Waals surface area contributed by atoms with Gasteiger partial charge in [0.15, 0.2) is 6.61 Å². The smallest absolute Gasteiger partial charge is 0.326 e. The van der Waals surface area contributed by atoms with Crippen molar-refractivity contribution in [2.75, 3.05) is 18.1 Å². The normalized spacial score (nSPS) is 15.3. The van der Waals surface area contributed by atoms with Crippen LogP contribution in [0.2, 0.25) is 0 Å². The zero-order chi connectivity index (χ0) is 16.8. The van der Waals surface area contributed by atoms with Gasteiger partial charge < -0.3 is 20.1 Å². The Morgan fingerprint density at radius 2 is 2.22 bits per heavy atom. The van der Waals surface area contributed by atoms with Crippen LogP contribution < -0.4 is 15.0 Å². The van der Waals surface area contributed by atoms with Crippen LogP contribution in [0.1, 0.15) is 26.2 Å². The molecule has 2 amide bonds. The molecular formula is C16H20N2O5. The number of aliphatic carboxylic acids is 1. The molecule has 1 atom stereocenters. The number of rotatable bonds is 7. The van der Waals surface area contributed by atoms with Gasteiger partial charge >= 0.3 is 5.97 Å². The summed E-state index contributed by atoms with van der Waals surface area (Å²) in [6, 6.07) is 6.03. The lowest BCUT2D eigenvalue weighted by molar-refractivity contribution is -0.142. The number of nitrogens with zero attached hydrogens (tertiary/aromatic N) is 1. The topological polar surface area (TPSA) is 95.9 Å². The average molecular weight is 320 g/mol. The van der Waals surface area contributed by atoms with Gasteiger partial charge in [-0.15, -0.1) is 0 Å². The molecule has 1 aliphatic rings. The summed E-state index contributed by atoms with van der Waals surface area (Å²) in [5.74, 6) is -1.04. The molecule has 1 unspecified atom stereocenters. The van der Waals surface area contributed by atoms with Crippen molar-refractivity contribution in [1.82, 2.24) is 5.32 Å². The van der Waals surface area contributed by atoms with Crippen LogP contribution in [0.25, 0.3) is 0 Å². The lowest BCUT2D eigenvalue weighted by Crippen LogP contribution is -2.42. The summed E-state index contributed by atoms with van der Waals surface area (Å²) in [5.41, 5.74) is 0.738. The molecule has 0 saturated carbocycles. The number of nitrogens with one attached hydrogen (secondary N) is 1. The third kappa shape index (κ3) is 4.45. The largest absolute Gasteiger partial charge is 0.484 e. The van der Waals surface area contributed by atoms with Crippen LogP contribution in [-0.4, -0.2) is 42.1 Å². The van der Waals surface area contributed by atoms with Crippen LogP contribution in [0.3, 0.4) is 0 Å². The Morgan fingerprint density at radius 3 is 2.83 bits per heavy atom. The quantitative estimate of drug-likeness (QED) is 0.786. The maximum absolute atomic E-state index is 11.7. The lowest BCUT2D eigenvalue weighted by Gasteiger charge is -2.17. The van der Waals surface area contributed by atoms with E-state index in [0.29, 0.717) is 25.1 Å². The molecule has 0 radical (unpaired) electrons. The number of anilines is 1. The van der Waals surface area contributed by atoms with Gasteiger partial charge in [0.1, 0.15) is 11.8 Å². The molecule has 7 heteroatoms. The highest BCUT2D eigenvalue weighted by Crippen LogP contribution is 2.25. The van der Waals surface area contributed by atoms with Crippen molar-refractivity contribution in [1.29, 1.82) is 0 Å². The van der Waals surface area contributed by atoms with Gasteiger partial charge in [0.25, 0.3) is 5.91 Å². The third-order valence-corrected chi connectivity index (χ3v) is 3.61. The number of carbonyl (C=O) groups is 3. The lowest BCUT2D eigenvalue weighted by atomic mass is 10.2. The van der Waals surface area contributed by atoms with Gasteiger partial charge in [-0.25, -0.2) is 4.79 Å². The zero-order valence-electron chi connectivity index (χ0n) is 12.9. The molecule has 23 heavy (non-hydrogen) atoms. The van der Waals surface area contributed by atoms with Gasteiger partial charge in [0.05, 0.1) is 0 Å². The molecule has 1 aromatic rings. The van der Waals surface area contributed by atoms with Crippen molar-refractivity contribution in [3.05, 3.63) is 24.3 Å². The summed E-state index contributed by atoms with van der Waals surface area (Å²) >= 11 is 0. The number of ether oxygens (including phenoxy) is 1. The molecule has 1 saturated heterocycles. The molecule has 1 aromatic carbocycles. The van der Waals surface area contributed by atoms with Gasteiger partial charge in [-0.1, -0.05) is 13.0 Å². The molecule has 0 spiro atoms. The van der Waals surface area contributed by atoms with Gasteiger partial charge in [0.2, 0.25) is 5.91 Å². The molecule has 124 valence electrons. The van der Waals surface area contributed by atoms with Crippen LogP contribution in [0.5, 0.6) is 5.75 Å². The van der Waals surface area contributed by atoms with Gasteiger partial charge in [-0.05, 0) is 25.0 Å². The fourth-order valence-electron chi connectivity index (χ4n) is 2.39. The van der Waals surface area contributed by atoms with Gasteiger partial charge in [-0.2, -0.15) is 0 Å². The van der Waals surface area contributed by atoms with E-state index < -0.39 is 17.9 Å². The summed E-state index contributed by atoms with van der Waals surface area (Å²) in [6.07, 6.45) is 1.68. The fourth-order valence-corrected chi connectivity index (χ4v) is 2.39. The second-order valence-corrected chi connectivity index (χ2v) is 5.30. The SMILES string of the molecule is CCC(NC(=O)COc1cccc(N2CCCC2=O)c1)C(=O)O. The monoisotopic (exact) mass is 320 g/mol. The molecule has 1 aliphatic heterocycles. The highest BCUT2D eigenvalue weighted by atomic mass is 16.5. The van der Waals surface area contributed by atoms with Crippen LogP contribution in [0.4, 0.5) is 5.69 Å². The first-order valence-corrected chi connectivity index (χ1v) is 7.56. The maximum Gasteiger partial charge on any atom is 0.326 e. The number of hydrogen-bond acceptors (Lipinski definition) is 4. The van der Waals surface area contributed by atoms with Crippen LogP contribution in [-0.2, 0) is 14.4 Å². The van der Waals surface area contributed by atoms with Crippen LogP contribution in [0.15, 0.2) is 24.3 Å². The molecule has 0 aliphatic carbocycles. The molecule has 0 bridgehead atoms. The Kier molecular flexibility index (Phi) is 5.56. The van der Waals surface area contributed by atoms with Gasteiger partial charge in [0, 0.05) is 24.7 Å². The fraction of sp³-hybridized carbons (Fsp3) is 0.438. The molecule has 2 rings (SSSR count). The Bertz CT molecular complexity index is 602. The summed E-state index contributed by atoms with van der Waals surface area (Å²) in [6.45, 7) is 2.08. The molecule has 1 fully saturated rings. The Morgan fingerprint density at radius 1 is 1.43 bits per heavy atom. The second-order valence-electron chi connectivity index (χ2n) is 5.30. The van der Waals surface area contributed by atoms with Crippen molar-refractivity contribution >= 4 is 23.5 Å². The minimum atomic E-state index is -1.07. The first-order chi connectivity index (χ1) is 11.0. The van der Waals surface area contributed by atoms with E-state index in [0.717, 1.165) is 12.1 Å². The Balaban J connectivity index is 1.92. The zero-order valence-corrected chi connectivity index (χ0v) is 12.9. The number of amides is 2. The molecule has 7 nitrogen and oxygen atoms in total. The number of hydrogen-bond donors (Lipinski definition) is 2. The summed E-state index contributed by atoms with van der Waals surface area (Å²) in [4.78, 5) is 36.0. The van der Waals surface area contributed by atoms with Crippen molar-refractivity contribution < 1.29 is 24.2 Å². The van der Waals surface area contributed by atoms with E-state index in [4.69, 9.17) is 9.84 Å². The van der Waals surface area contributed by atoms with Crippen molar-refractivity contribution in [3.63, 3.8) is 0 Å². The van der Waals surface area contributed by atoms with Gasteiger partial charge in [-0.3, -0.25) is 9.59 Å². The van der Waals surface area contributed by atoms with E-state index in [2.05, 4.69) is 5.32 Å². The van der Waals surface area contributed by atoms with Crippen molar-refractivity contribution in [2.45, 2.75) is 32.2 Å². The minimum absolute atomic E-state index is 0.0761. The predicted molar refractivity (Wildman–Crippen MR) is 83.4 cm³/mol. The molecule has 1 heterocycles. The Hall–Kier alpha value is -2.57. The highest BCUT2D eigenvalue weighted by Gasteiger charge is 2.22. The standard InChI is InChI=1S/C16H20N2O5/c1-2-13(16(21)22)17-14(19)10-23-12-6-3-5-11(9-12)18-8-4-7-15(18)20/h3,5-6,9,13H,2,4,7-8,10H2,1H3,(H,17,19)(H,21,22). The minimum Gasteiger partial charge on any atom is -0.484 e. The molecule has 2 N–H and O–H groups in total. The Labute approximate surface area is 134 Å². The first kappa shape index (κ1) is 16.8. The van der Waals surface area contributed by atoms with Crippen molar-refractivity contribution in [3.8, 4) is 5.75 Å². The van der Waals surface area contributed by atoms with E-state index in [1.165, 1.54) is 0 Å². The van der Waals surface area contributed by atoms with E-state index in [1.807, 2.05) is 6.07 Å². The first-order valence-electron chi connectivity index (χ1n) is 7.56. The predicted octanol–water partition coefficient (Wildman–Crippen LogP) is 1.17. The summed E-state index contributed by atoms with van der Waals surface area (Å²) in [7, 11) is 0. The van der Waals surface area contributed by atoms with Crippen LogP contribution >= 0.6 is 0 Å². The highest BCUT2D eigenvalue weighted by molar-refractivity contribution is 5.95. The van der Waals surface area contributed by atoms with E-state index in [9.17, 15) is 14.4 Å². The van der Waals surface area contributed by atoms with Crippen LogP contribution in [0, 0.1) is 0 Å². The number of carboxylic acid groups (broad SMARTS) is 1. The maximum atomic E-state index is 11.7. The number of benzene rings is 1. The molecule has 0 aromatic heterocycles. The third-order valence-electron chi connectivity index (χ3n) is 3.61. The summed E-state index contributed by atoms with van der Waals surface area (Å²) in [5, 5.41) is 11.3. The summed E-state index contributed by atoms with van der Waals surface area (Å²) < 4.78 is 5.39. The van der Waals surface area contributed by atoms with E-state index in [1.54, 1.807) is 30.0 Å². The molecular weight excluding hydrogens is 300 g/mol. The number of carbonyl (C=O) groups excluding carboxylic acids is 2. The van der Waals surface area contributed by atoms with E-state index >= 15 is 0 Å². The van der Waals surface area contributed by atoms with Crippen molar-refractivity contribution in [2.24, 2.45) is 0 Å².